The first kappa shape index (κ1) is 12.5. The fourth-order valence-corrected chi connectivity index (χ4v) is 2.73. The zero-order chi connectivity index (χ0) is 15.3. The number of rotatable bonds is 2. The minimum absolute atomic E-state index is 0.0951. The van der Waals surface area contributed by atoms with Crippen molar-refractivity contribution < 1.29 is 14.7 Å². The zero-order valence-electron chi connectivity index (χ0n) is 11.3. The van der Waals surface area contributed by atoms with Gasteiger partial charge in [-0.1, -0.05) is 6.07 Å². The molecule has 7 heteroatoms. The molecule has 0 atom stereocenters. The Morgan fingerprint density at radius 3 is 2.95 bits per heavy atom. The molecule has 0 fully saturated rings. The number of H-pyrrole nitrogens is 1. The lowest BCUT2D eigenvalue weighted by atomic mass is 10.0. The summed E-state index contributed by atoms with van der Waals surface area (Å²) < 4.78 is 0. The van der Waals surface area contributed by atoms with Crippen LogP contribution < -0.4 is 5.32 Å². The Labute approximate surface area is 124 Å². The average molecular weight is 294 g/mol. The van der Waals surface area contributed by atoms with Crippen LogP contribution in [0.5, 0.6) is 0 Å². The number of carboxylic acids is 1. The van der Waals surface area contributed by atoms with Crippen LogP contribution in [-0.2, 0) is 6.54 Å². The van der Waals surface area contributed by atoms with E-state index in [1.54, 1.807) is 12.1 Å². The van der Waals surface area contributed by atoms with Crippen LogP contribution in [-0.4, -0.2) is 31.9 Å². The Kier molecular flexibility index (Phi) is 2.50. The minimum Gasteiger partial charge on any atom is -0.478 e. The molecule has 1 aliphatic rings. The van der Waals surface area contributed by atoms with Crippen LogP contribution in [0, 0.1) is 0 Å². The highest BCUT2D eigenvalue weighted by Gasteiger charge is 2.21. The smallest absolute Gasteiger partial charge is 0.338 e. The van der Waals surface area contributed by atoms with E-state index in [1.807, 2.05) is 6.07 Å². The summed E-state index contributed by atoms with van der Waals surface area (Å²) in [7, 11) is 0. The summed E-state index contributed by atoms with van der Waals surface area (Å²) in [5.74, 6) is -1.14. The standard InChI is InChI=1S/C15H10N4O3/c20-14-9-2-1-7(3-8(9)4-17-14)12-11-10(15(21)22)5-16-13(11)19-6-18-12/h1-3,5-6H,4H2,(H,17,20)(H,21,22)(H,16,18,19). The molecule has 22 heavy (non-hydrogen) atoms. The van der Waals surface area contributed by atoms with Crippen LogP contribution in [0.1, 0.15) is 26.3 Å². The Hall–Kier alpha value is -3.22. The maximum Gasteiger partial charge on any atom is 0.338 e. The molecule has 0 saturated carbocycles. The fourth-order valence-electron chi connectivity index (χ4n) is 2.73. The number of hydrogen-bond donors (Lipinski definition) is 3. The molecule has 108 valence electrons. The highest BCUT2D eigenvalue weighted by atomic mass is 16.4. The first-order valence-electron chi connectivity index (χ1n) is 6.62. The second-order valence-electron chi connectivity index (χ2n) is 5.01. The molecule has 3 aromatic rings. The number of aromatic amines is 1. The maximum atomic E-state index is 11.6. The first-order chi connectivity index (χ1) is 10.6. The molecule has 0 radical (unpaired) electrons. The van der Waals surface area contributed by atoms with Crippen LogP contribution in [0.25, 0.3) is 22.3 Å². The van der Waals surface area contributed by atoms with Gasteiger partial charge < -0.3 is 15.4 Å². The van der Waals surface area contributed by atoms with Gasteiger partial charge in [-0.3, -0.25) is 4.79 Å². The van der Waals surface area contributed by atoms with Gasteiger partial charge in [0, 0.05) is 23.9 Å². The molecule has 1 amide bonds. The van der Waals surface area contributed by atoms with Crippen molar-refractivity contribution >= 4 is 22.9 Å². The van der Waals surface area contributed by atoms with Crippen molar-refractivity contribution in [3.05, 3.63) is 47.4 Å². The van der Waals surface area contributed by atoms with Crippen molar-refractivity contribution in [2.24, 2.45) is 0 Å². The highest BCUT2D eigenvalue weighted by Crippen LogP contribution is 2.30. The minimum atomic E-state index is -1.04. The van der Waals surface area contributed by atoms with E-state index in [0.29, 0.717) is 28.8 Å². The number of carbonyl (C=O) groups excluding carboxylic acids is 1. The summed E-state index contributed by atoms with van der Waals surface area (Å²) in [6.45, 7) is 0.467. The van der Waals surface area contributed by atoms with Crippen LogP contribution in [0.2, 0.25) is 0 Å². The number of nitrogens with one attached hydrogen (secondary N) is 2. The number of carbonyl (C=O) groups is 2. The van der Waals surface area contributed by atoms with E-state index in [-0.39, 0.29) is 11.5 Å². The van der Waals surface area contributed by atoms with Crippen molar-refractivity contribution in [3.63, 3.8) is 0 Å². The molecule has 0 saturated heterocycles. The molecule has 2 aromatic heterocycles. The molecule has 3 N–H and O–H groups in total. The van der Waals surface area contributed by atoms with Crippen LogP contribution >= 0.6 is 0 Å². The van der Waals surface area contributed by atoms with E-state index < -0.39 is 5.97 Å². The number of fused-ring (bicyclic) bond motifs is 2. The molecule has 1 aliphatic heterocycles. The third-order valence-corrected chi connectivity index (χ3v) is 3.76. The zero-order valence-corrected chi connectivity index (χ0v) is 11.3. The Balaban J connectivity index is 1.97. The summed E-state index contributed by atoms with van der Waals surface area (Å²) in [5.41, 5.74) is 3.40. The summed E-state index contributed by atoms with van der Waals surface area (Å²) in [6.07, 6.45) is 2.79. The quantitative estimate of drug-likeness (QED) is 0.665. The second-order valence-corrected chi connectivity index (χ2v) is 5.01. The molecular weight excluding hydrogens is 284 g/mol. The predicted molar refractivity (Wildman–Crippen MR) is 77.5 cm³/mol. The Morgan fingerprint density at radius 1 is 1.27 bits per heavy atom. The van der Waals surface area contributed by atoms with E-state index in [0.717, 1.165) is 11.1 Å². The predicted octanol–water partition coefficient (Wildman–Crippen LogP) is 1.57. The number of aromatic nitrogens is 3. The van der Waals surface area contributed by atoms with Crippen molar-refractivity contribution in [2.75, 3.05) is 0 Å². The Bertz CT molecular complexity index is 945. The molecule has 1 aromatic carbocycles. The third-order valence-electron chi connectivity index (χ3n) is 3.76. The van der Waals surface area contributed by atoms with Gasteiger partial charge in [-0.2, -0.15) is 0 Å². The van der Waals surface area contributed by atoms with Gasteiger partial charge in [0.25, 0.3) is 5.91 Å². The van der Waals surface area contributed by atoms with Gasteiger partial charge in [-0.25, -0.2) is 14.8 Å². The number of carboxylic acid groups (broad SMARTS) is 1. The second kappa shape index (κ2) is 4.39. The molecule has 0 bridgehead atoms. The molecule has 4 rings (SSSR count). The molecule has 0 spiro atoms. The van der Waals surface area contributed by atoms with Crippen molar-refractivity contribution in [3.8, 4) is 11.3 Å². The summed E-state index contributed by atoms with van der Waals surface area (Å²) in [5, 5.41) is 12.5. The topological polar surface area (TPSA) is 108 Å². The van der Waals surface area contributed by atoms with Gasteiger partial charge in [-0.15, -0.1) is 0 Å². The molecule has 0 aliphatic carbocycles. The fraction of sp³-hybridized carbons (Fsp3) is 0.0667. The number of amides is 1. The third kappa shape index (κ3) is 1.69. The van der Waals surface area contributed by atoms with Gasteiger partial charge in [0.15, 0.2) is 0 Å². The lowest BCUT2D eigenvalue weighted by Crippen LogP contribution is -2.12. The van der Waals surface area contributed by atoms with E-state index >= 15 is 0 Å². The molecule has 0 unspecified atom stereocenters. The van der Waals surface area contributed by atoms with E-state index in [9.17, 15) is 14.7 Å². The van der Waals surface area contributed by atoms with Gasteiger partial charge in [0.2, 0.25) is 0 Å². The summed E-state index contributed by atoms with van der Waals surface area (Å²) in [6, 6.07) is 5.35. The monoisotopic (exact) mass is 294 g/mol. The normalized spacial score (nSPS) is 13.2. The molecular formula is C15H10N4O3. The number of hydrogen-bond acceptors (Lipinski definition) is 4. The van der Waals surface area contributed by atoms with Gasteiger partial charge in [0.1, 0.15) is 12.0 Å². The number of benzene rings is 1. The number of nitrogens with zero attached hydrogens (tertiary/aromatic N) is 2. The SMILES string of the molecule is O=C1NCc2cc(-c3ncnc4[nH]cc(C(=O)O)c34)ccc21. The van der Waals surface area contributed by atoms with Crippen molar-refractivity contribution in [2.45, 2.75) is 6.54 Å². The van der Waals surface area contributed by atoms with Gasteiger partial charge in [0.05, 0.1) is 16.6 Å². The van der Waals surface area contributed by atoms with E-state index in [4.69, 9.17) is 0 Å². The van der Waals surface area contributed by atoms with Gasteiger partial charge in [-0.05, 0) is 17.7 Å². The maximum absolute atomic E-state index is 11.6. The average Bonchev–Trinajstić information content (AvgIpc) is 3.11. The van der Waals surface area contributed by atoms with Crippen LogP contribution in [0.4, 0.5) is 0 Å². The van der Waals surface area contributed by atoms with Crippen molar-refractivity contribution in [1.29, 1.82) is 0 Å². The first-order valence-corrected chi connectivity index (χ1v) is 6.62. The van der Waals surface area contributed by atoms with E-state index in [1.165, 1.54) is 12.5 Å². The summed E-state index contributed by atoms with van der Waals surface area (Å²) in [4.78, 5) is 34.1. The highest BCUT2D eigenvalue weighted by molar-refractivity contribution is 6.07. The van der Waals surface area contributed by atoms with Crippen LogP contribution in [0.3, 0.4) is 0 Å². The molecule has 3 heterocycles. The lowest BCUT2D eigenvalue weighted by Gasteiger charge is -2.05. The van der Waals surface area contributed by atoms with Gasteiger partial charge >= 0.3 is 5.97 Å². The van der Waals surface area contributed by atoms with E-state index in [2.05, 4.69) is 20.3 Å². The number of aromatic carboxylic acids is 1. The summed E-state index contributed by atoms with van der Waals surface area (Å²) >= 11 is 0. The van der Waals surface area contributed by atoms with Crippen molar-refractivity contribution in [1.82, 2.24) is 20.3 Å². The largest absolute Gasteiger partial charge is 0.478 e. The molecule has 7 nitrogen and oxygen atoms in total. The van der Waals surface area contributed by atoms with Crippen LogP contribution in [0.15, 0.2) is 30.7 Å². The lowest BCUT2D eigenvalue weighted by molar-refractivity contribution is 0.0698. The Morgan fingerprint density at radius 2 is 2.14 bits per heavy atom.